The van der Waals surface area contributed by atoms with Crippen LogP contribution in [0.25, 0.3) is 22.1 Å². The molecule has 1 fully saturated rings. The first-order valence-corrected chi connectivity index (χ1v) is 10.1. The zero-order valence-electron chi connectivity index (χ0n) is 17.2. The summed E-state index contributed by atoms with van der Waals surface area (Å²) >= 11 is 0. The number of nitriles is 1. The summed E-state index contributed by atoms with van der Waals surface area (Å²) in [5, 5.41) is 59.1. The van der Waals surface area contributed by atoms with Gasteiger partial charge < -0.3 is 39.4 Å². The molecular formula is C23H21NO9. The fourth-order valence-corrected chi connectivity index (χ4v) is 3.89. The predicted molar refractivity (Wildman–Crippen MR) is 113 cm³/mol. The lowest BCUT2D eigenvalue weighted by Gasteiger charge is -2.40. The van der Waals surface area contributed by atoms with Crippen molar-refractivity contribution in [2.24, 2.45) is 0 Å². The van der Waals surface area contributed by atoms with Crippen molar-refractivity contribution in [3.8, 4) is 28.7 Å². The van der Waals surface area contributed by atoms with Crippen molar-refractivity contribution < 1.29 is 39.4 Å². The number of fused-ring (bicyclic) bond motifs is 1. The number of phenols is 1. The van der Waals surface area contributed by atoms with Gasteiger partial charge in [-0.1, -0.05) is 12.1 Å². The highest BCUT2D eigenvalue weighted by atomic mass is 16.5. The molecule has 1 aliphatic rings. The van der Waals surface area contributed by atoms with Gasteiger partial charge in [0.05, 0.1) is 23.1 Å². The second-order valence-electron chi connectivity index (χ2n) is 7.58. The predicted octanol–water partition coefficient (Wildman–Crippen LogP) is 0.583. The van der Waals surface area contributed by atoms with E-state index in [-0.39, 0.29) is 40.2 Å². The number of rotatable bonds is 5. The first-order chi connectivity index (χ1) is 15.9. The molecule has 1 aliphatic heterocycles. The summed E-state index contributed by atoms with van der Waals surface area (Å²) in [6, 6.07) is 10.6. The van der Waals surface area contributed by atoms with E-state index in [0.717, 1.165) is 0 Å². The van der Waals surface area contributed by atoms with Crippen LogP contribution in [-0.4, -0.2) is 63.2 Å². The number of benzene rings is 2. The second kappa shape index (κ2) is 9.19. The molecule has 0 spiro atoms. The molecule has 0 unspecified atom stereocenters. The molecule has 0 amide bonds. The van der Waals surface area contributed by atoms with Gasteiger partial charge in [0.1, 0.15) is 59.9 Å². The fourth-order valence-electron chi connectivity index (χ4n) is 3.89. The quantitative estimate of drug-likeness (QED) is 0.366. The molecule has 2 aromatic carbocycles. The largest absolute Gasteiger partial charge is 0.508 e. The summed E-state index contributed by atoms with van der Waals surface area (Å²) in [4.78, 5) is 13.2. The van der Waals surface area contributed by atoms with Crippen molar-refractivity contribution in [3.63, 3.8) is 0 Å². The third kappa shape index (κ3) is 4.04. The number of aliphatic hydroxyl groups is 4. The number of aliphatic hydroxyl groups excluding tert-OH is 4. The van der Waals surface area contributed by atoms with Gasteiger partial charge in [0.25, 0.3) is 0 Å². The number of ether oxygens (including phenoxy) is 2. The van der Waals surface area contributed by atoms with Gasteiger partial charge in [0.2, 0.25) is 5.43 Å². The van der Waals surface area contributed by atoms with Gasteiger partial charge in [0, 0.05) is 0 Å². The van der Waals surface area contributed by atoms with E-state index in [4.69, 9.17) is 19.2 Å². The molecule has 1 aromatic heterocycles. The van der Waals surface area contributed by atoms with Crippen LogP contribution in [0.15, 0.2) is 51.9 Å². The number of hydrogen-bond donors (Lipinski definition) is 5. The normalized spacial score (nSPS) is 25.0. The standard InChI is InChI=1S/C23H21NO9/c24-7-8-31-15-6-5-13-18(27)14(11-1-3-12(26)4-2-11)10-32-22(13)17(15)23-21(30)20(29)19(28)16(9-25)33-23/h1-6,10,16,19-21,23,25-26,28-30H,8-9H2/t16-,19-,20+,21-,23+/m1/s1. The summed E-state index contributed by atoms with van der Waals surface area (Å²) in [6.07, 6.45) is -6.23. The lowest BCUT2D eigenvalue weighted by molar-refractivity contribution is -0.231. The molecule has 3 aromatic rings. The summed E-state index contributed by atoms with van der Waals surface area (Å²) < 4.78 is 16.9. The van der Waals surface area contributed by atoms with E-state index < -0.39 is 42.6 Å². The van der Waals surface area contributed by atoms with Crippen molar-refractivity contribution in [2.45, 2.75) is 30.5 Å². The maximum absolute atomic E-state index is 13.2. The fraction of sp³-hybridized carbons (Fsp3) is 0.304. The Balaban J connectivity index is 1.91. The molecule has 10 heteroatoms. The van der Waals surface area contributed by atoms with Crippen molar-refractivity contribution in [1.29, 1.82) is 5.26 Å². The average Bonchev–Trinajstić information content (AvgIpc) is 2.82. The van der Waals surface area contributed by atoms with Crippen LogP contribution >= 0.6 is 0 Å². The molecule has 5 atom stereocenters. The zero-order chi connectivity index (χ0) is 23.7. The second-order valence-corrected chi connectivity index (χ2v) is 7.58. The molecule has 0 bridgehead atoms. The van der Waals surface area contributed by atoms with E-state index in [0.29, 0.717) is 5.56 Å². The highest BCUT2D eigenvalue weighted by Gasteiger charge is 2.46. The van der Waals surface area contributed by atoms with E-state index in [1.807, 2.05) is 6.07 Å². The molecule has 5 N–H and O–H groups in total. The van der Waals surface area contributed by atoms with Gasteiger partial charge in [-0.05, 0) is 29.8 Å². The van der Waals surface area contributed by atoms with Crippen LogP contribution in [0, 0.1) is 11.3 Å². The third-order valence-corrected chi connectivity index (χ3v) is 5.59. The summed E-state index contributed by atoms with van der Waals surface area (Å²) in [7, 11) is 0. The number of nitrogens with zero attached hydrogens (tertiary/aromatic N) is 1. The molecule has 0 aliphatic carbocycles. The molecule has 0 radical (unpaired) electrons. The van der Waals surface area contributed by atoms with Gasteiger partial charge >= 0.3 is 0 Å². The first-order valence-electron chi connectivity index (χ1n) is 10.1. The molecule has 33 heavy (non-hydrogen) atoms. The lowest BCUT2D eigenvalue weighted by atomic mass is 9.89. The molecule has 0 saturated carbocycles. The van der Waals surface area contributed by atoms with E-state index in [1.54, 1.807) is 12.1 Å². The van der Waals surface area contributed by atoms with Crippen LogP contribution in [0.1, 0.15) is 11.7 Å². The third-order valence-electron chi connectivity index (χ3n) is 5.59. The molecule has 172 valence electrons. The number of phenolic OH excluding ortho intramolecular Hbond substituents is 1. The highest BCUT2D eigenvalue weighted by molar-refractivity contribution is 5.86. The van der Waals surface area contributed by atoms with Gasteiger partial charge in [0.15, 0.2) is 6.61 Å². The van der Waals surface area contributed by atoms with Crippen LogP contribution in [-0.2, 0) is 4.74 Å². The molecule has 10 nitrogen and oxygen atoms in total. The van der Waals surface area contributed by atoms with E-state index in [9.17, 15) is 30.3 Å². The van der Waals surface area contributed by atoms with Crippen LogP contribution in [0.2, 0.25) is 0 Å². The number of hydrogen-bond acceptors (Lipinski definition) is 10. The maximum atomic E-state index is 13.2. The summed E-state index contributed by atoms with van der Waals surface area (Å²) in [5.74, 6) is 0.0991. The van der Waals surface area contributed by atoms with Crippen LogP contribution < -0.4 is 10.2 Å². The van der Waals surface area contributed by atoms with Crippen LogP contribution in [0.3, 0.4) is 0 Å². The van der Waals surface area contributed by atoms with E-state index in [2.05, 4.69) is 0 Å². The van der Waals surface area contributed by atoms with Crippen LogP contribution in [0.4, 0.5) is 0 Å². The summed E-state index contributed by atoms with van der Waals surface area (Å²) in [5.41, 5.74) is 0.339. The van der Waals surface area contributed by atoms with Crippen molar-refractivity contribution in [3.05, 3.63) is 58.4 Å². The molecular weight excluding hydrogens is 434 g/mol. The Labute approximate surface area is 187 Å². The molecule has 4 rings (SSSR count). The Kier molecular flexibility index (Phi) is 6.33. The SMILES string of the molecule is N#CCOc1ccc2c(=O)c(-c3ccc(O)cc3)coc2c1[C@@H]1O[C@H](CO)[C@@H](O)[C@H](O)[C@H]1O. The van der Waals surface area contributed by atoms with Gasteiger partial charge in [-0.25, -0.2) is 0 Å². The van der Waals surface area contributed by atoms with Crippen molar-refractivity contribution in [1.82, 2.24) is 0 Å². The molecule has 2 heterocycles. The average molecular weight is 455 g/mol. The minimum absolute atomic E-state index is 0.0118. The van der Waals surface area contributed by atoms with E-state index in [1.165, 1.54) is 30.5 Å². The Hall–Kier alpha value is -3.46. The first kappa shape index (κ1) is 22.7. The Morgan fingerprint density at radius 3 is 2.42 bits per heavy atom. The smallest absolute Gasteiger partial charge is 0.200 e. The van der Waals surface area contributed by atoms with E-state index >= 15 is 0 Å². The van der Waals surface area contributed by atoms with Gasteiger partial charge in [-0.2, -0.15) is 5.26 Å². The lowest BCUT2D eigenvalue weighted by Crippen LogP contribution is -2.55. The minimum atomic E-state index is -1.66. The number of aromatic hydroxyl groups is 1. The zero-order valence-corrected chi connectivity index (χ0v) is 17.2. The van der Waals surface area contributed by atoms with Crippen molar-refractivity contribution in [2.75, 3.05) is 13.2 Å². The van der Waals surface area contributed by atoms with Crippen LogP contribution in [0.5, 0.6) is 11.5 Å². The van der Waals surface area contributed by atoms with Gasteiger partial charge in [-0.3, -0.25) is 4.79 Å². The Morgan fingerprint density at radius 2 is 1.76 bits per heavy atom. The molecule has 1 saturated heterocycles. The summed E-state index contributed by atoms with van der Waals surface area (Å²) in [6.45, 7) is -0.999. The monoisotopic (exact) mass is 455 g/mol. The topological polar surface area (TPSA) is 174 Å². The maximum Gasteiger partial charge on any atom is 0.200 e. The Morgan fingerprint density at radius 1 is 1.03 bits per heavy atom. The van der Waals surface area contributed by atoms with Crippen molar-refractivity contribution >= 4 is 11.0 Å². The van der Waals surface area contributed by atoms with Gasteiger partial charge in [-0.15, -0.1) is 0 Å². The minimum Gasteiger partial charge on any atom is -0.508 e. The highest BCUT2D eigenvalue weighted by Crippen LogP contribution is 2.41. The Bertz CT molecular complexity index is 1250.